The molecule has 1 aliphatic carbocycles. The summed E-state index contributed by atoms with van der Waals surface area (Å²) in [4.78, 5) is 12.6. The fraction of sp³-hybridized carbons (Fsp3) is 0.737. The lowest BCUT2D eigenvalue weighted by atomic mass is 9.80. The Kier molecular flexibility index (Phi) is 8.60. The Labute approximate surface area is 130 Å². The van der Waals surface area contributed by atoms with Crippen LogP contribution in [0.5, 0.6) is 0 Å². The molecule has 0 fully saturated rings. The standard InChI is InChI=1S/C19H32O2/c1-15(2)9-6-5-7-12-18(20)19-16(3)10-8-11-17(19)13-14-21-4/h10-11,15,19H,5-9,12-14H2,1-4H3. The first-order valence-corrected chi connectivity index (χ1v) is 8.43. The lowest BCUT2D eigenvalue weighted by Crippen LogP contribution is -2.21. The molecule has 0 N–H and O–H groups in total. The average molecular weight is 292 g/mol. The van der Waals surface area contributed by atoms with Crippen LogP contribution in [0.3, 0.4) is 0 Å². The molecule has 1 rings (SSSR count). The molecule has 0 aromatic rings. The molecular formula is C19H32O2. The van der Waals surface area contributed by atoms with E-state index in [1.165, 1.54) is 30.4 Å². The predicted octanol–water partition coefficient (Wildman–Crippen LogP) is 5.09. The van der Waals surface area contributed by atoms with Gasteiger partial charge in [-0.1, -0.05) is 56.4 Å². The highest BCUT2D eigenvalue weighted by molar-refractivity contribution is 5.86. The second-order valence-corrected chi connectivity index (χ2v) is 6.60. The highest BCUT2D eigenvalue weighted by atomic mass is 16.5. The number of rotatable bonds is 10. The van der Waals surface area contributed by atoms with Crippen molar-refractivity contribution in [3.8, 4) is 0 Å². The van der Waals surface area contributed by atoms with Crippen molar-refractivity contribution in [3.63, 3.8) is 0 Å². The fourth-order valence-corrected chi connectivity index (χ4v) is 3.02. The van der Waals surface area contributed by atoms with Crippen molar-refractivity contribution >= 4 is 5.78 Å². The van der Waals surface area contributed by atoms with Crippen LogP contribution in [0.15, 0.2) is 23.3 Å². The number of carbonyl (C=O) groups is 1. The molecule has 0 bridgehead atoms. The molecule has 1 aliphatic rings. The Hall–Kier alpha value is -0.890. The van der Waals surface area contributed by atoms with Gasteiger partial charge in [0.15, 0.2) is 0 Å². The minimum Gasteiger partial charge on any atom is -0.384 e. The molecule has 21 heavy (non-hydrogen) atoms. The first kappa shape index (κ1) is 18.2. The number of ether oxygens (including phenoxy) is 1. The van der Waals surface area contributed by atoms with Crippen LogP contribution in [0.2, 0.25) is 0 Å². The van der Waals surface area contributed by atoms with E-state index in [0.29, 0.717) is 12.4 Å². The summed E-state index contributed by atoms with van der Waals surface area (Å²) in [5.41, 5.74) is 2.50. The quantitative estimate of drug-likeness (QED) is 0.414. The van der Waals surface area contributed by atoms with Crippen LogP contribution in [0.25, 0.3) is 0 Å². The van der Waals surface area contributed by atoms with E-state index in [0.717, 1.165) is 31.6 Å². The summed E-state index contributed by atoms with van der Waals surface area (Å²) >= 11 is 0. The van der Waals surface area contributed by atoms with Gasteiger partial charge in [-0.3, -0.25) is 4.79 Å². The number of Topliss-reactive ketones (excluding diaryl/α,β-unsaturated/α-hetero) is 1. The van der Waals surface area contributed by atoms with Gasteiger partial charge < -0.3 is 4.74 Å². The van der Waals surface area contributed by atoms with Crippen molar-refractivity contribution < 1.29 is 9.53 Å². The number of unbranched alkanes of at least 4 members (excludes halogenated alkanes) is 2. The van der Waals surface area contributed by atoms with Crippen molar-refractivity contribution in [2.24, 2.45) is 11.8 Å². The molecule has 1 atom stereocenters. The van der Waals surface area contributed by atoms with Crippen LogP contribution in [0, 0.1) is 11.8 Å². The molecule has 0 amide bonds. The normalized spacial score (nSPS) is 18.6. The summed E-state index contributed by atoms with van der Waals surface area (Å²) < 4.78 is 5.17. The number of allylic oxidation sites excluding steroid dienone is 3. The zero-order chi connectivity index (χ0) is 15.7. The molecular weight excluding hydrogens is 260 g/mol. The third-order valence-corrected chi connectivity index (χ3v) is 4.27. The first-order valence-electron chi connectivity index (χ1n) is 8.43. The highest BCUT2D eigenvalue weighted by Gasteiger charge is 2.25. The van der Waals surface area contributed by atoms with Crippen molar-refractivity contribution in [1.82, 2.24) is 0 Å². The van der Waals surface area contributed by atoms with Gasteiger partial charge in [-0.15, -0.1) is 0 Å². The van der Waals surface area contributed by atoms with Crippen LogP contribution >= 0.6 is 0 Å². The average Bonchev–Trinajstić information content (AvgIpc) is 2.44. The van der Waals surface area contributed by atoms with Crippen LogP contribution in [0.4, 0.5) is 0 Å². The smallest absolute Gasteiger partial charge is 0.144 e. The van der Waals surface area contributed by atoms with Gasteiger partial charge in [0.25, 0.3) is 0 Å². The van der Waals surface area contributed by atoms with Crippen molar-refractivity contribution in [1.29, 1.82) is 0 Å². The van der Waals surface area contributed by atoms with E-state index in [9.17, 15) is 4.79 Å². The second kappa shape index (κ2) is 9.94. The van der Waals surface area contributed by atoms with E-state index in [1.54, 1.807) is 7.11 Å². The molecule has 0 aromatic carbocycles. The van der Waals surface area contributed by atoms with Gasteiger partial charge in [-0.25, -0.2) is 0 Å². The van der Waals surface area contributed by atoms with Gasteiger partial charge >= 0.3 is 0 Å². The van der Waals surface area contributed by atoms with Gasteiger partial charge in [0.05, 0.1) is 5.92 Å². The largest absolute Gasteiger partial charge is 0.384 e. The van der Waals surface area contributed by atoms with Crippen LogP contribution < -0.4 is 0 Å². The third kappa shape index (κ3) is 6.60. The van der Waals surface area contributed by atoms with E-state index in [2.05, 4.69) is 32.9 Å². The zero-order valence-electron chi connectivity index (χ0n) is 14.3. The molecule has 2 nitrogen and oxygen atoms in total. The highest BCUT2D eigenvalue weighted by Crippen LogP contribution is 2.30. The predicted molar refractivity (Wildman–Crippen MR) is 89.4 cm³/mol. The summed E-state index contributed by atoms with van der Waals surface area (Å²) in [5, 5.41) is 0. The molecule has 2 heteroatoms. The first-order chi connectivity index (χ1) is 10.1. The second-order valence-electron chi connectivity index (χ2n) is 6.60. The maximum atomic E-state index is 12.6. The molecule has 0 saturated carbocycles. The Balaban J connectivity index is 2.43. The lowest BCUT2D eigenvalue weighted by Gasteiger charge is -2.23. The van der Waals surface area contributed by atoms with E-state index < -0.39 is 0 Å². The molecule has 0 radical (unpaired) electrons. The van der Waals surface area contributed by atoms with Gasteiger partial charge in [0, 0.05) is 20.1 Å². The maximum absolute atomic E-state index is 12.6. The SMILES string of the molecule is COCCC1=CCC=C(C)C1C(=O)CCCCCC(C)C. The van der Waals surface area contributed by atoms with Crippen molar-refractivity contribution in [2.75, 3.05) is 13.7 Å². The van der Waals surface area contributed by atoms with E-state index in [1.807, 2.05) is 0 Å². The van der Waals surface area contributed by atoms with Gasteiger partial charge in [0.2, 0.25) is 0 Å². The van der Waals surface area contributed by atoms with Crippen molar-refractivity contribution in [3.05, 3.63) is 23.3 Å². The number of hydrogen-bond donors (Lipinski definition) is 0. The van der Waals surface area contributed by atoms with E-state index in [4.69, 9.17) is 4.74 Å². The molecule has 0 spiro atoms. The number of ketones is 1. The fourth-order valence-electron chi connectivity index (χ4n) is 3.02. The molecule has 1 unspecified atom stereocenters. The van der Waals surface area contributed by atoms with Crippen LogP contribution in [-0.2, 0) is 9.53 Å². The molecule has 120 valence electrons. The number of carbonyl (C=O) groups excluding carboxylic acids is 1. The summed E-state index contributed by atoms with van der Waals surface area (Å²) in [6.45, 7) is 7.32. The Morgan fingerprint density at radius 3 is 2.71 bits per heavy atom. The summed E-state index contributed by atoms with van der Waals surface area (Å²) in [5.74, 6) is 1.20. The summed E-state index contributed by atoms with van der Waals surface area (Å²) in [6, 6.07) is 0. The third-order valence-electron chi connectivity index (χ3n) is 4.27. The Morgan fingerprint density at radius 2 is 2.05 bits per heavy atom. The van der Waals surface area contributed by atoms with Gasteiger partial charge in [-0.2, -0.15) is 0 Å². The Bertz CT molecular complexity index is 377. The monoisotopic (exact) mass is 292 g/mol. The topological polar surface area (TPSA) is 26.3 Å². The molecule has 0 aliphatic heterocycles. The minimum absolute atomic E-state index is 0.0269. The van der Waals surface area contributed by atoms with Crippen molar-refractivity contribution in [2.45, 2.75) is 65.7 Å². The zero-order valence-corrected chi connectivity index (χ0v) is 14.3. The van der Waals surface area contributed by atoms with E-state index >= 15 is 0 Å². The minimum atomic E-state index is 0.0269. The molecule has 0 heterocycles. The van der Waals surface area contributed by atoms with Gasteiger partial charge in [0.1, 0.15) is 5.78 Å². The summed E-state index contributed by atoms with van der Waals surface area (Å²) in [6.07, 6.45) is 11.7. The Morgan fingerprint density at radius 1 is 1.29 bits per heavy atom. The maximum Gasteiger partial charge on any atom is 0.144 e. The molecule has 0 saturated heterocycles. The number of hydrogen-bond acceptors (Lipinski definition) is 2. The van der Waals surface area contributed by atoms with E-state index in [-0.39, 0.29) is 5.92 Å². The molecule has 0 aromatic heterocycles. The van der Waals surface area contributed by atoms with Crippen LogP contribution in [0.1, 0.15) is 65.7 Å². The summed E-state index contributed by atoms with van der Waals surface area (Å²) in [7, 11) is 1.72. The lowest BCUT2D eigenvalue weighted by molar-refractivity contribution is -0.121. The number of methoxy groups -OCH3 is 1. The van der Waals surface area contributed by atoms with Gasteiger partial charge in [-0.05, 0) is 32.1 Å². The van der Waals surface area contributed by atoms with Crippen LogP contribution in [-0.4, -0.2) is 19.5 Å².